The molecule has 0 radical (unpaired) electrons. The van der Waals surface area contributed by atoms with E-state index in [0.29, 0.717) is 11.9 Å². The molecular formula is C14H23N5O. The quantitative estimate of drug-likeness (QED) is 0.760. The van der Waals surface area contributed by atoms with Crippen molar-refractivity contribution in [2.24, 2.45) is 0 Å². The molecule has 110 valence electrons. The van der Waals surface area contributed by atoms with Crippen LogP contribution in [0.5, 0.6) is 0 Å². The Morgan fingerprint density at radius 2 is 1.95 bits per heavy atom. The second kappa shape index (κ2) is 5.64. The lowest BCUT2D eigenvalue weighted by atomic mass is 9.96. The van der Waals surface area contributed by atoms with E-state index in [9.17, 15) is 4.79 Å². The predicted octanol–water partition coefficient (Wildman–Crippen LogP) is 1.51. The number of carbonyl (C=O) groups is 1. The number of aromatic nitrogens is 2. The third kappa shape index (κ3) is 4.08. The third-order valence-electron chi connectivity index (χ3n) is 3.03. The second-order valence-corrected chi connectivity index (χ2v) is 6.16. The van der Waals surface area contributed by atoms with Gasteiger partial charge in [-0.3, -0.25) is 4.79 Å². The summed E-state index contributed by atoms with van der Waals surface area (Å²) in [6.45, 7) is 6.42. The first kappa shape index (κ1) is 14.6. The third-order valence-corrected chi connectivity index (χ3v) is 3.03. The van der Waals surface area contributed by atoms with Crippen LogP contribution in [-0.2, 0) is 10.2 Å². The summed E-state index contributed by atoms with van der Waals surface area (Å²) in [5.74, 6) is 2.17. The van der Waals surface area contributed by atoms with Crippen LogP contribution in [0.1, 0.15) is 39.4 Å². The SMILES string of the molecule is CNc1cc(NCC(=O)NC2CC2)nc(C(C)(C)C)n1. The molecule has 1 amide bonds. The summed E-state index contributed by atoms with van der Waals surface area (Å²) in [4.78, 5) is 20.6. The number of hydrogen-bond donors (Lipinski definition) is 3. The summed E-state index contributed by atoms with van der Waals surface area (Å²) < 4.78 is 0. The second-order valence-electron chi connectivity index (χ2n) is 6.16. The molecular weight excluding hydrogens is 254 g/mol. The number of anilines is 2. The molecule has 0 aliphatic heterocycles. The van der Waals surface area contributed by atoms with Crippen molar-refractivity contribution >= 4 is 17.5 Å². The molecule has 1 aliphatic carbocycles. The zero-order chi connectivity index (χ0) is 14.8. The lowest BCUT2D eigenvalue weighted by Crippen LogP contribution is -2.31. The van der Waals surface area contributed by atoms with Crippen LogP contribution in [0, 0.1) is 0 Å². The molecule has 0 bridgehead atoms. The summed E-state index contributed by atoms with van der Waals surface area (Å²) in [6, 6.07) is 2.19. The molecule has 0 aromatic carbocycles. The Bertz CT molecular complexity index is 491. The number of amides is 1. The van der Waals surface area contributed by atoms with Gasteiger partial charge in [0.25, 0.3) is 0 Å². The smallest absolute Gasteiger partial charge is 0.239 e. The van der Waals surface area contributed by atoms with Crippen LogP contribution in [0.4, 0.5) is 11.6 Å². The van der Waals surface area contributed by atoms with Gasteiger partial charge in [0, 0.05) is 24.6 Å². The van der Waals surface area contributed by atoms with Crippen molar-refractivity contribution in [3.8, 4) is 0 Å². The topological polar surface area (TPSA) is 78.9 Å². The normalized spacial score (nSPS) is 14.8. The van der Waals surface area contributed by atoms with Gasteiger partial charge in [0.15, 0.2) is 0 Å². The predicted molar refractivity (Wildman–Crippen MR) is 79.9 cm³/mol. The van der Waals surface area contributed by atoms with E-state index in [2.05, 4.69) is 46.7 Å². The molecule has 0 spiro atoms. The van der Waals surface area contributed by atoms with Crippen LogP contribution in [0.2, 0.25) is 0 Å². The van der Waals surface area contributed by atoms with E-state index in [-0.39, 0.29) is 17.9 Å². The highest BCUT2D eigenvalue weighted by Gasteiger charge is 2.23. The molecule has 1 saturated carbocycles. The average Bonchev–Trinajstić information content (AvgIpc) is 3.19. The maximum atomic E-state index is 11.7. The number of nitrogens with zero attached hydrogens (tertiary/aromatic N) is 2. The Hall–Kier alpha value is -1.85. The van der Waals surface area contributed by atoms with Gasteiger partial charge in [-0.05, 0) is 12.8 Å². The molecule has 6 nitrogen and oxygen atoms in total. The minimum absolute atomic E-state index is 0.00873. The molecule has 1 heterocycles. The van der Waals surface area contributed by atoms with Gasteiger partial charge in [0.05, 0.1) is 6.54 Å². The maximum Gasteiger partial charge on any atom is 0.239 e. The molecule has 1 aromatic heterocycles. The summed E-state index contributed by atoms with van der Waals surface area (Å²) in [5, 5.41) is 9.02. The van der Waals surface area contributed by atoms with Gasteiger partial charge >= 0.3 is 0 Å². The molecule has 1 fully saturated rings. The molecule has 3 N–H and O–H groups in total. The van der Waals surface area contributed by atoms with Crippen LogP contribution in [-0.4, -0.2) is 35.5 Å². The fraction of sp³-hybridized carbons (Fsp3) is 0.643. The highest BCUT2D eigenvalue weighted by atomic mass is 16.2. The van der Waals surface area contributed by atoms with Crippen LogP contribution in [0.3, 0.4) is 0 Å². The molecule has 0 unspecified atom stereocenters. The molecule has 0 atom stereocenters. The lowest BCUT2D eigenvalue weighted by Gasteiger charge is -2.18. The highest BCUT2D eigenvalue weighted by molar-refractivity contribution is 5.81. The first-order chi connectivity index (χ1) is 9.38. The van der Waals surface area contributed by atoms with Crippen LogP contribution in [0.25, 0.3) is 0 Å². The van der Waals surface area contributed by atoms with E-state index in [4.69, 9.17) is 0 Å². The number of carbonyl (C=O) groups excluding carboxylic acids is 1. The Morgan fingerprint density at radius 3 is 2.50 bits per heavy atom. The van der Waals surface area contributed by atoms with Crippen LogP contribution >= 0.6 is 0 Å². The van der Waals surface area contributed by atoms with Gasteiger partial charge < -0.3 is 16.0 Å². The molecule has 6 heteroatoms. The molecule has 2 rings (SSSR count). The lowest BCUT2D eigenvalue weighted by molar-refractivity contribution is -0.119. The zero-order valence-electron chi connectivity index (χ0n) is 12.6. The Labute approximate surface area is 119 Å². The highest BCUT2D eigenvalue weighted by Crippen LogP contribution is 2.22. The van der Waals surface area contributed by atoms with E-state index in [1.54, 1.807) is 6.07 Å². The van der Waals surface area contributed by atoms with E-state index in [1.165, 1.54) is 0 Å². The standard InChI is InChI=1S/C14H23N5O/c1-14(2,3)13-18-10(15-4)7-11(19-13)16-8-12(20)17-9-5-6-9/h7,9H,5-6,8H2,1-4H3,(H,17,20)(H2,15,16,18,19). The van der Waals surface area contributed by atoms with Crippen molar-refractivity contribution in [1.29, 1.82) is 0 Å². The maximum absolute atomic E-state index is 11.7. The molecule has 0 saturated heterocycles. The van der Waals surface area contributed by atoms with Gasteiger partial charge in [-0.25, -0.2) is 9.97 Å². The first-order valence-electron chi connectivity index (χ1n) is 6.99. The minimum atomic E-state index is -0.139. The zero-order valence-corrected chi connectivity index (χ0v) is 12.6. The van der Waals surface area contributed by atoms with E-state index in [0.717, 1.165) is 24.5 Å². The molecule has 1 aromatic rings. The van der Waals surface area contributed by atoms with Gasteiger partial charge in [-0.1, -0.05) is 20.8 Å². The van der Waals surface area contributed by atoms with Crippen molar-refractivity contribution in [2.75, 3.05) is 24.2 Å². The fourth-order valence-electron chi connectivity index (χ4n) is 1.68. The van der Waals surface area contributed by atoms with Crippen molar-refractivity contribution in [3.63, 3.8) is 0 Å². The van der Waals surface area contributed by atoms with E-state index >= 15 is 0 Å². The van der Waals surface area contributed by atoms with Crippen molar-refractivity contribution in [1.82, 2.24) is 15.3 Å². The first-order valence-corrected chi connectivity index (χ1v) is 6.99. The Balaban J connectivity index is 2.03. The number of nitrogens with one attached hydrogen (secondary N) is 3. The molecule has 1 aliphatic rings. The largest absolute Gasteiger partial charge is 0.373 e. The van der Waals surface area contributed by atoms with Crippen LogP contribution < -0.4 is 16.0 Å². The van der Waals surface area contributed by atoms with E-state index < -0.39 is 0 Å². The van der Waals surface area contributed by atoms with Crippen molar-refractivity contribution in [3.05, 3.63) is 11.9 Å². The number of hydrogen-bond acceptors (Lipinski definition) is 5. The van der Waals surface area contributed by atoms with Gasteiger partial charge in [0.1, 0.15) is 17.5 Å². The average molecular weight is 277 g/mol. The fourth-order valence-corrected chi connectivity index (χ4v) is 1.68. The van der Waals surface area contributed by atoms with Crippen molar-refractivity contribution in [2.45, 2.75) is 45.1 Å². The minimum Gasteiger partial charge on any atom is -0.373 e. The Morgan fingerprint density at radius 1 is 1.30 bits per heavy atom. The van der Waals surface area contributed by atoms with Gasteiger partial charge in [-0.2, -0.15) is 0 Å². The van der Waals surface area contributed by atoms with E-state index in [1.807, 2.05) is 7.05 Å². The van der Waals surface area contributed by atoms with Crippen molar-refractivity contribution < 1.29 is 4.79 Å². The Kier molecular flexibility index (Phi) is 4.11. The van der Waals surface area contributed by atoms with Crippen LogP contribution in [0.15, 0.2) is 6.07 Å². The number of rotatable bonds is 5. The summed E-state index contributed by atoms with van der Waals surface area (Å²) >= 11 is 0. The van der Waals surface area contributed by atoms with Gasteiger partial charge in [-0.15, -0.1) is 0 Å². The summed E-state index contributed by atoms with van der Waals surface area (Å²) in [7, 11) is 1.82. The summed E-state index contributed by atoms with van der Waals surface area (Å²) in [6.07, 6.45) is 2.19. The monoisotopic (exact) mass is 277 g/mol. The summed E-state index contributed by atoms with van der Waals surface area (Å²) in [5.41, 5.74) is -0.139. The van der Waals surface area contributed by atoms with Gasteiger partial charge in [0.2, 0.25) is 5.91 Å². The molecule has 20 heavy (non-hydrogen) atoms.